The fourth-order valence-corrected chi connectivity index (χ4v) is 6.03. The first-order valence-corrected chi connectivity index (χ1v) is 8.26. The molecule has 17 heavy (non-hydrogen) atoms. The van der Waals surface area contributed by atoms with Crippen LogP contribution in [0.5, 0.6) is 0 Å². The van der Waals surface area contributed by atoms with Crippen molar-refractivity contribution in [1.82, 2.24) is 0 Å². The van der Waals surface area contributed by atoms with E-state index >= 15 is 0 Å². The largest absolute Gasteiger partial charge is 0.350 e. The van der Waals surface area contributed by atoms with Crippen molar-refractivity contribution in [3.63, 3.8) is 0 Å². The number of rotatable bonds is 1. The zero-order chi connectivity index (χ0) is 11.7. The molecule has 1 aromatic rings. The van der Waals surface area contributed by atoms with E-state index in [1.807, 2.05) is 0 Å². The molecule has 4 atom stereocenters. The van der Waals surface area contributed by atoms with E-state index in [4.69, 9.17) is 0 Å². The second-order valence-corrected chi connectivity index (χ2v) is 7.50. The highest BCUT2D eigenvalue weighted by molar-refractivity contribution is 7.46. The lowest BCUT2D eigenvalue weighted by Crippen LogP contribution is -2.24. The minimum atomic E-state index is -1.04. The molecular weight excluding hydrogens is 227 g/mol. The molecule has 3 aliphatic rings. The normalized spacial score (nSPS) is 35.3. The monoisotopic (exact) mass is 247 g/mol. The average molecular weight is 247 g/mol. The first kappa shape index (κ1) is 11.4. The summed E-state index contributed by atoms with van der Waals surface area (Å²) in [4.78, 5) is 0. The molecule has 2 heterocycles. The van der Waals surface area contributed by atoms with Crippen molar-refractivity contribution in [2.24, 2.45) is 5.92 Å². The van der Waals surface area contributed by atoms with Gasteiger partial charge in [-0.2, -0.15) is 0 Å². The summed E-state index contributed by atoms with van der Waals surface area (Å²) >= 11 is 0. The predicted molar refractivity (Wildman–Crippen MR) is 71.8 cm³/mol. The van der Waals surface area contributed by atoms with Crippen LogP contribution >= 0.6 is 7.80 Å². The van der Waals surface area contributed by atoms with Gasteiger partial charge in [-0.3, -0.25) is 0 Å². The molecule has 1 saturated carbocycles. The first-order valence-electron chi connectivity index (χ1n) is 6.86. The van der Waals surface area contributed by atoms with E-state index in [1.54, 1.807) is 0 Å². The molecule has 1 aromatic carbocycles. The van der Waals surface area contributed by atoms with Crippen LogP contribution in [0.3, 0.4) is 0 Å². The van der Waals surface area contributed by atoms with E-state index in [0.29, 0.717) is 17.2 Å². The lowest BCUT2D eigenvalue weighted by Gasteiger charge is -2.30. The highest BCUT2D eigenvalue weighted by Crippen LogP contribution is 2.59. The van der Waals surface area contributed by atoms with Gasteiger partial charge in [-0.25, -0.2) is 0 Å². The SMILES string of the molecule is O=[P+]1C2CCCCC(CC2)C1c1ccccc1. The van der Waals surface area contributed by atoms with Gasteiger partial charge >= 0.3 is 7.80 Å². The first-order chi connectivity index (χ1) is 8.36. The summed E-state index contributed by atoms with van der Waals surface area (Å²) in [6, 6.07) is 10.6. The van der Waals surface area contributed by atoms with Crippen molar-refractivity contribution in [3.8, 4) is 0 Å². The van der Waals surface area contributed by atoms with Gasteiger partial charge in [0, 0.05) is 11.5 Å². The van der Waals surface area contributed by atoms with Gasteiger partial charge in [-0.05, 0) is 32.1 Å². The van der Waals surface area contributed by atoms with Crippen LogP contribution in [-0.4, -0.2) is 5.66 Å². The Morgan fingerprint density at radius 1 is 0.941 bits per heavy atom. The van der Waals surface area contributed by atoms with Crippen LogP contribution in [0.25, 0.3) is 0 Å². The van der Waals surface area contributed by atoms with E-state index in [2.05, 4.69) is 30.3 Å². The van der Waals surface area contributed by atoms with Gasteiger partial charge < -0.3 is 0 Å². The second kappa shape index (κ2) is 4.90. The summed E-state index contributed by atoms with van der Waals surface area (Å²) in [6.07, 6.45) is 7.63. The Balaban J connectivity index is 1.94. The maximum atomic E-state index is 12.7. The molecule has 0 aromatic heterocycles. The van der Waals surface area contributed by atoms with Crippen LogP contribution < -0.4 is 0 Å². The highest BCUT2D eigenvalue weighted by atomic mass is 31.1. The Morgan fingerprint density at radius 2 is 1.71 bits per heavy atom. The van der Waals surface area contributed by atoms with Crippen LogP contribution in [0.15, 0.2) is 30.3 Å². The van der Waals surface area contributed by atoms with Gasteiger partial charge in [-0.1, -0.05) is 41.3 Å². The Kier molecular flexibility index (Phi) is 3.29. The maximum Gasteiger partial charge on any atom is 0.350 e. The van der Waals surface area contributed by atoms with Crippen LogP contribution in [0.1, 0.15) is 49.7 Å². The van der Waals surface area contributed by atoms with Gasteiger partial charge in [0.15, 0.2) is 11.3 Å². The zero-order valence-corrected chi connectivity index (χ0v) is 11.1. The third-order valence-corrected chi connectivity index (χ3v) is 6.96. The predicted octanol–water partition coefficient (Wildman–Crippen LogP) is 4.91. The van der Waals surface area contributed by atoms with Crippen molar-refractivity contribution in [1.29, 1.82) is 0 Å². The van der Waals surface area contributed by atoms with Gasteiger partial charge in [0.2, 0.25) is 0 Å². The molecule has 2 heteroatoms. The number of benzene rings is 1. The Hall–Kier alpha value is -0.680. The van der Waals surface area contributed by atoms with Gasteiger partial charge in [0.05, 0.1) is 0 Å². The second-order valence-electron chi connectivity index (χ2n) is 5.49. The summed E-state index contributed by atoms with van der Waals surface area (Å²) in [5.74, 6) is 0.678. The summed E-state index contributed by atoms with van der Waals surface area (Å²) in [5, 5.41) is 0. The lowest BCUT2D eigenvalue weighted by molar-refractivity contribution is 0.337. The van der Waals surface area contributed by atoms with Gasteiger partial charge in [-0.15, -0.1) is 0 Å². The third kappa shape index (κ3) is 2.18. The van der Waals surface area contributed by atoms with Crippen LogP contribution in [0, 0.1) is 5.92 Å². The Labute approximate surface area is 104 Å². The number of fused-ring (bicyclic) bond motifs is 5. The minimum Gasteiger partial charge on any atom is -0.0738 e. The van der Waals surface area contributed by atoms with Crippen molar-refractivity contribution < 1.29 is 4.57 Å². The van der Waals surface area contributed by atoms with E-state index in [9.17, 15) is 4.57 Å². The molecule has 0 spiro atoms. The topological polar surface area (TPSA) is 17.1 Å². The lowest BCUT2D eigenvalue weighted by atomic mass is 9.85. The molecule has 4 rings (SSSR count). The third-order valence-electron chi connectivity index (χ3n) is 4.45. The fourth-order valence-electron chi connectivity index (χ4n) is 3.56. The summed E-state index contributed by atoms with van der Waals surface area (Å²) < 4.78 is 12.7. The summed E-state index contributed by atoms with van der Waals surface area (Å²) in [5.41, 5.74) is 2.18. The molecule has 2 saturated heterocycles. The number of hydrogen-bond donors (Lipinski definition) is 0. The van der Waals surface area contributed by atoms with Crippen LogP contribution in [0.4, 0.5) is 0 Å². The van der Waals surface area contributed by atoms with Gasteiger partial charge in [0.25, 0.3) is 0 Å². The van der Waals surface area contributed by atoms with Gasteiger partial charge in [0.1, 0.15) is 0 Å². The quantitative estimate of drug-likeness (QED) is 0.644. The van der Waals surface area contributed by atoms with Crippen molar-refractivity contribution in [2.45, 2.75) is 49.8 Å². The molecule has 1 aliphatic carbocycles. The van der Waals surface area contributed by atoms with E-state index in [0.717, 1.165) is 0 Å². The Bertz CT molecular complexity index is 397. The van der Waals surface area contributed by atoms with E-state index in [1.165, 1.54) is 44.1 Å². The zero-order valence-electron chi connectivity index (χ0n) is 10.2. The molecule has 0 amide bonds. The minimum absolute atomic E-state index is 0.352. The summed E-state index contributed by atoms with van der Waals surface area (Å²) in [6.45, 7) is 0. The molecule has 1 nitrogen and oxygen atoms in total. The smallest absolute Gasteiger partial charge is 0.0738 e. The van der Waals surface area contributed by atoms with Crippen LogP contribution in [-0.2, 0) is 4.57 Å². The molecule has 2 bridgehead atoms. The molecule has 0 radical (unpaired) electrons. The van der Waals surface area contributed by atoms with Crippen LogP contribution in [0.2, 0.25) is 0 Å². The van der Waals surface area contributed by atoms with Crippen molar-refractivity contribution >= 4 is 7.80 Å². The molecule has 4 unspecified atom stereocenters. The highest BCUT2D eigenvalue weighted by Gasteiger charge is 2.49. The van der Waals surface area contributed by atoms with E-state index in [-0.39, 0.29) is 0 Å². The maximum absolute atomic E-state index is 12.7. The average Bonchev–Trinajstić information content (AvgIpc) is 2.32. The number of hydrogen-bond acceptors (Lipinski definition) is 1. The molecule has 90 valence electrons. The summed E-state index contributed by atoms with van der Waals surface area (Å²) in [7, 11) is -1.04. The molecule has 0 N–H and O–H groups in total. The standard InChI is InChI=1S/C15H20OP/c16-17-14-9-5-4-8-13(10-11-14)15(17)12-6-2-1-3-7-12/h1-3,6-7,13-15H,4-5,8-11H2/q+1. The fraction of sp³-hybridized carbons (Fsp3) is 0.600. The Morgan fingerprint density at radius 3 is 2.53 bits per heavy atom. The molecule has 2 aliphatic heterocycles. The van der Waals surface area contributed by atoms with E-state index < -0.39 is 7.80 Å². The van der Waals surface area contributed by atoms with Crippen molar-refractivity contribution in [2.75, 3.05) is 0 Å². The van der Waals surface area contributed by atoms with Crippen molar-refractivity contribution in [3.05, 3.63) is 35.9 Å². The molecule has 3 fully saturated rings. The molecular formula is C15H20OP+.